The van der Waals surface area contributed by atoms with Gasteiger partial charge in [-0.05, 0) is 33.0 Å². The van der Waals surface area contributed by atoms with Gasteiger partial charge in [-0.25, -0.2) is 4.98 Å². The zero-order valence-electron chi connectivity index (χ0n) is 11.5. The van der Waals surface area contributed by atoms with Crippen molar-refractivity contribution in [2.75, 3.05) is 13.6 Å². The predicted molar refractivity (Wildman–Crippen MR) is 78.0 cm³/mol. The van der Waals surface area contributed by atoms with Gasteiger partial charge in [-0.2, -0.15) is 0 Å². The summed E-state index contributed by atoms with van der Waals surface area (Å²) in [5, 5.41) is 10.7. The molecule has 0 aliphatic carbocycles. The lowest BCUT2D eigenvalue weighted by Crippen LogP contribution is -2.35. The Morgan fingerprint density at radius 2 is 2.11 bits per heavy atom. The summed E-state index contributed by atoms with van der Waals surface area (Å²) >= 11 is 1.64. The minimum atomic E-state index is -0.677. The molecule has 0 unspecified atom stereocenters. The predicted octanol–water partition coefficient (Wildman–Crippen LogP) is 2.41. The molecular formula is C14H19N3OS. The van der Waals surface area contributed by atoms with Crippen molar-refractivity contribution < 1.29 is 5.11 Å². The molecule has 2 aromatic rings. The molecule has 4 nitrogen and oxygen atoms in total. The van der Waals surface area contributed by atoms with Crippen LogP contribution in [0.4, 0.5) is 0 Å². The molecule has 2 rings (SSSR count). The molecular weight excluding hydrogens is 258 g/mol. The maximum atomic E-state index is 9.79. The fraction of sp³-hybridized carbons (Fsp3) is 0.429. The smallest absolute Gasteiger partial charge is 0.142 e. The van der Waals surface area contributed by atoms with E-state index in [1.165, 1.54) is 4.88 Å². The molecule has 0 atom stereocenters. The van der Waals surface area contributed by atoms with Gasteiger partial charge in [-0.3, -0.25) is 9.88 Å². The van der Waals surface area contributed by atoms with E-state index in [0.717, 1.165) is 17.2 Å². The van der Waals surface area contributed by atoms with E-state index in [2.05, 4.69) is 14.9 Å². The minimum absolute atomic E-state index is 0.629. The highest BCUT2D eigenvalue weighted by molar-refractivity contribution is 7.14. The van der Waals surface area contributed by atoms with E-state index in [9.17, 15) is 5.11 Å². The zero-order valence-corrected chi connectivity index (χ0v) is 12.3. The van der Waals surface area contributed by atoms with E-state index in [0.29, 0.717) is 6.54 Å². The van der Waals surface area contributed by atoms with Crippen LogP contribution in [0.25, 0.3) is 10.7 Å². The number of thiazole rings is 1. The van der Waals surface area contributed by atoms with Gasteiger partial charge in [0.1, 0.15) is 5.01 Å². The third-order valence-corrected chi connectivity index (χ3v) is 3.52. The lowest BCUT2D eigenvalue weighted by atomic mass is 10.1. The zero-order chi connectivity index (χ0) is 13.9. The Balaban J connectivity index is 2.02. The Kier molecular flexibility index (Phi) is 4.29. The van der Waals surface area contributed by atoms with Crippen molar-refractivity contribution in [2.24, 2.45) is 0 Å². The van der Waals surface area contributed by atoms with Crippen LogP contribution in [-0.4, -0.2) is 39.2 Å². The molecule has 0 radical (unpaired) electrons. The summed E-state index contributed by atoms with van der Waals surface area (Å²) in [6.45, 7) is 5.04. The average molecular weight is 277 g/mol. The molecule has 0 saturated carbocycles. The molecule has 5 heteroatoms. The SMILES string of the molecule is CN(Cc1cnc(-c2ccccn2)s1)CC(C)(C)O. The molecule has 0 amide bonds. The molecule has 0 spiro atoms. The standard InChI is InChI=1S/C14H19N3OS/c1-14(2,18)10-17(3)9-11-8-16-13(19-11)12-6-4-5-7-15-12/h4-8,18H,9-10H2,1-3H3. The largest absolute Gasteiger partial charge is 0.389 e. The highest BCUT2D eigenvalue weighted by Crippen LogP contribution is 2.24. The van der Waals surface area contributed by atoms with Crippen LogP contribution < -0.4 is 0 Å². The number of hydrogen-bond donors (Lipinski definition) is 1. The molecule has 0 bridgehead atoms. The number of nitrogens with zero attached hydrogens (tertiary/aromatic N) is 3. The van der Waals surface area contributed by atoms with Crippen LogP contribution in [0.1, 0.15) is 18.7 Å². The van der Waals surface area contributed by atoms with Crippen LogP contribution in [0, 0.1) is 0 Å². The van der Waals surface area contributed by atoms with Gasteiger partial charge < -0.3 is 5.11 Å². The van der Waals surface area contributed by atoms with Gasteiger partial charge in [0.25, 0.3) is 0 Å². The lowest BCUT2D eigenvalue weighted by molar-refractivity contribution is 0.0427. The Morgan fingerprint density at radius 1 is 1.32 bits per heavy atom. The molecule has 1 N–H and O–H groups in total. The summed E-state index contributed by atoms with van der Waals surface area (Å²) in [6.07, 6.45) is 3.66. The summed E-state index contributed by atoms with van der Waals surface area (Å²) in [5.41, 5.74) is 0.229. The first-order chi connectivity index (χ1) is 8.94. The molecule has 102 valence electrons. The third-order valence-electron chi connectivity index (χ3n) is 2.52. The van der Waals surface area contributed by atoms with Crippen LogP contribution in [0.15, 0.2) is 30.6 Å². The molecule has 0 aliphatic heterocycles. The molecule has 0 aliphatic rings. The summed E-state index contributed by atoms with van der Waals surface area (Å²) in [4.78, 5) is 12.0. The maximum Gasteiger partial charge on any atom is 0.142 e. The van der Waals surface area contributed by atoms with Gasteiger partial charge in [0.15, 0.2) is 0 Å². The second-order valence-electron chi connectivity index (χ2n) is 5.33. The van der Waals surface area contributed by atoms with Crippen molar-refractivity contribution in [3.63, 3.8) is 0 Å². The number of hydrogen-bond acceptors (Lipinski definition) is 5. The van der Waals surface area contributed by atoms with Gasteiger partial charge in [-0.15, -0.1) is 11.3 Å². The highest BCUT2D eigenvalue weighted by Gasteiger charge is 2.16. The summed E-state index contributed by atoms with van der Waals surface area (Å²) in [6, 6.07) is 5.82. The first kappa shape index (κ1) is 14.1. The second kappa shape index (κ2) is 5.77. The van der Waals surface area contributed by atoms with Crippen LogP contribution >= 0.6 is 11.3 Å². The number of rotatable bonds is 5. The summed E-state index contributed by atoms with van der Waals surface area (Å²) < 4.78 is 0. The van der Waals surface area contributed by atoms with Crippen molar-refractivity contribution in [1.82, 2.24) is 14.9 Å². The monoisotopic (exact) mass is 277 g/mol. The Morgan fingerprint density at radius 3 is 2.74 bits per heavy atom. The Labute approximate surface area is 117 Å². The Bertz CT molecular complexity index is 519. The van der Waals surface area contributed by atoms with Crippen molar-refractivity contribution >= 4 is 11.3 Å². The number of likely N-dealkylation sites (N-methyl/N-ethyl adjacent to an activating group) is 1. The van der Waals surface area contributed by atoms with E-state index >= 15 is 0 Å². The quantitative estimate of drug-likeness (QED) is 0.912. The molecule has 0 aromatic carbocycles. The fourth-order valence-corrected chi connectivity index (χ4v) is 2.94. The van der Waals surface area contributed by atoms with Crippen molar-refractivity contribution in [3.8, 4) is 10.7 Å². The van der Waals surface area contributed by atoms with Crippen molar-refractivity contribution in [1.29, 1.82) is 0 Å². The van der Waals surface area contributed by atoms with Gasteiger partial charge in [0.2, 0.25) is 0 Å². The van der Waals surface area contributed by atoms with Crippen LogP contribution in [0.5, 0.6) is 0 Å². The van der Waals surface area contributed by atoms with E-state index in [1.54, 1.807) is 17.5 Å². The Hall–Kier alpha value is -1.30. The highest BCUT2D eigenvalue weighted by atomic mass is 32.1. The molecule has 2 heterocycles. The van der Waals surface area contributed by atoms with Crippen molar-refractivity contribution in [2.45, 2.75) is 26.0 Å². The van der Waals surface area contributed by atoms with E-state index in [4.69, 9.17) is 0 Å². The third kappa shape index (κ3) is 4.38. The fourth-order valence-electron chi connectivity index (χ4n) is 1.97. The lowest BCUT2D eigenvalue weighted by Gasteiger charge is -2.24. The molecule has 0 saturated heterocycles. The van der Waals surface area contributed by atoms with Gasteiger partial charge in [-0.1, -0.05) is 6.07 Å². The summed E-state index contributed by atoms with van der Waals surface area (Å²) in [5.74, 6) is 0. The van der Waals surface area contributed by atoms with E-state index in [1.807, 2.05) is 45.3 Å². The van der Waals surface area contributed by atoms with Gasteiger partial charge >= 0.3 is 0 Å². The number of pyridine rings is 1. The molecule has 0 fully saturated rings. The summed E-state index contributed by atoms with van der Waals surface area (Å²) in [7, 11) is 2.00. The second-order valence-corrected chi connectivity index (χ2v) is 6.45. The normalized spacial score (nSPS) is 12.1. The maximum absolute atomic E-state index is 9.79. The topological polar surface area (TPSA) is 49.2 Å². The van der Waals surface area contributed by atoms with Crippen molar-refractivity contribution in [3.05, 3.63) is 35.5 Å². The molecule has 19 heavy (non-hydrogen) atoms. The van der Waals surface area contributed by atoms with Crippen LogP contribution in [0.2, 0.25) is 0 Å². The van der Waals surface area contributed by atoms with Gasteiger partial charge in [0.05, 0.1) is 11.3 Å². The van der Waals surface area contributed by atoms with Crippen LogP contribution in [0.3, 0.4) is 0 Å². The number of aliphatic hydroxyl groups is 1. The first-order valence-corrected chi connectivity index (χ1v) is 7.03. The van der Waals surface area contributed by atoms with Gasteiger partial charge in [0, 0.05) is 30.4 Å². The van der Waals surface area contributed by atoms with Crippen LogP contribution in [-0.2, 0) is 6.54 Å². The first-order valence-electron chi connectivity index (χ1n) is 6.21. The molecule has 2 aromatic heterocycles. The number of aromatic nitrogens is 2. The minimum Gasteiger partial charge on any atom is -0.389 e. The average Bonchev–Trinajstić information content (AvgIpc) is 2.76. The van der Waals surface area contributed by atoms with E-state index in [-0.39, 0.29) is 0 Å². The van der Waals surface area contributed by atoms with E-state index < -0.39 is 5.60 Å².